The van der Waals surface area contributed by atoms with Crippen molar-refractivity contribution in [2.24, 2.45) is 0 Å². The molecule has 0 aromatic carbocycles. The molecule has 4 N–H and O–H groups in total. The van der Waals surface area contributed by atoms with Crippen molar-refractivity contribution in [3.63, 3.8) is 0 Å². The number of nitrogen functional groups attached to an aromatic ring is 1. The van der Waals surface area contributed by atoms with Gasteiger partial charge in [-0.3, -0.25) is 19.7 Å². The van der Waals surface area contributed by atoms with E-state index in [0.29, 0.717) is 0 Å². The second-order valence-electron chi connectivity index (χ2n) is 3.64. The number of nitro groups is 1. The second kappa shape index (κ2) is 5.14. The maximum atomic E-state index is 11.9. The van der Waals surface area contributed by atoms with Gasteiger partial charge in [0.15, 0.2) is 5.82 Å². The summed E-state index contributed by atoms with van der Waals surface area (Å²) in [4.78, 5) is 36.4. The quantitative estimate of drug-likeness (QED) is 0.522. The van der Waals surface area contributed by atoms with E-state index in [-0.39, 0.29) is 17.2 Å². The van der Waals surface area contributed by atoms with E-state index in [2.05, 4.69) is 20.5 Å². The average Bonchev–Trinajstić information content (AvgIpc) is 2.41. The van der Waals surface area contributed by atoms with E-state index < -0.39 is 22.1 Å². The first kappa shape index (κ1) is 13.1. The molecule has 2 aromatic heterocycles. The van der Waals surface area contributed by atoms with Crippen LogP contribution in [0.5, 0.6) is 0 Å². The molecule has 0 unspecified atom stereocenters. The van der Waals surface area contributed by atoms with Gasteiger partial charge in [-0.05, 0) is 12.1 Å². The van der Waals surface area contributed by atoms with Crippen LogP contribution in [0, 0.1) is 10.1 Å². The van der Waals surface area contributed by atoms with Crippen molar-refractivity contribution in [3.05, 3.63) is 50.4 Å². The van der Waals surface area contributed by atoms with Gasteiger partial charge in [0, 0.05) is 6.07 Å². The second-order valence-corrected chi connectivity index (χ2v) is 3.64. The number of pyridine rings is 1. The molecule has 0 aliphatic carbocycles. The topological polar surface area (TPSA) is 157 Å². The number of nitrogens with two attached hydrogens (primary N) is 1. The zero-order valence-corrected chi connectivity index (χ0v) is 9.86. The van der Waals surface area contributed by atoms with Crippen molar-refractivity contribution in [3.8, 4) is 0 Å². The Morgan fingerprint density at radius 1 is 1.45 bits per heavy atom. The summed E-state index contributed by atoms with van der Waals surface area (Å²) in [6.07, 6.45) is 0.893. The average molecular weight is 276 g/mol. The van der Waals surface area contributed by atoms with Crippen molar-refractivity contribution in [1.82, 2.24) is 15.2 Å². The number of nitrogens with zero attached hydrogens (tertiary/aromatic N) is 3. The summed E-state index contributed by atoms with van der Waals surface area (Å²) >= 11 is 0. The molecule has 10 nitrogen and oxygen atoms in total. The molecule has 0 fully saturated rings. The fourth-order valence-corrected chi connectivity index (χ4v) is 1.39. The molecule has 0 saturated heterocycles. The fraction of sp³-hybridized carbons (Fsp3) is 0. The highest BCUT2D eigenvalue weighted by Crippen LogP contribution is 2.19. The molecule has 0 atom stereocenters. The normalized spacial score (nSPS) is 10.0. The first-order valence-corrected chi connectivity index (χ1v) is 5.24. The summed E-state index contributed by atoms with van der Waals surface area (Å²) in [5.74, 6) is -0.778. The van der Waals surface area contributed by atoms with Crippen LogP contribution >= 0.6 is 0 Å². The number of nitrogens with one attached hydrogen (secondary N) is 2. The number of hydrogen-bond donors (Lipinski definition) is 3. The number of hydrogen-bond acceptors (Lipinski definition) is 7. The van der Waals surface area contributed by atoms with Gasteiger partial charge >= 0.3 is 0 Å². The smallest absolute Gasteiger partial charge is 0.300 e. The molecule has 1 amide bonds. The molecule has 2 aromatic rings. The molecule has 20 heavy (non-hydrogen) atoms. The van der Waals surface area contributed by atoms with Gasteiger partial charge in [-0.25, -0.2) is 10.1 Å². The van der Waals surface area contributed by atoms with Crippen LogP contribution in [0.15, 0.2) is 29.2 Å². The standard InChI is InChI=1S/C10H8N6O4/c11-7-3-5(6(4-12-7)16(19)20)10(18)13-8-1-2-9(17)15-14-8/h1-4H,(H2,11,12)(H,15,17)(H,13,14,18). The molecule has 10 heteroatoms. The lowest BCUT2D eigenvalue weighted by molar-refractivity contribution is -0.385. The summed E-state index contributed by atoms with van der Waals surface area (Å²) in [6, 6.07) is 3.49. The van der Waals surface area contributed by atoms with E-state index >= 15 is 0 Å². The van der Waals surface area contributed by atoms with E-state index in [4.69, 9.17) is 5.73 Å². The van der Waals surface area contributed by atoms with Gasteiger partial charge in [-0.2, -0.15) is 5.10 Å². The Labute approximate surface area is 110 Å². The van der Waals surface area contributed by atoms with Gasteiger partial charge in [0.25, 0.3) is 17.2 Å². The maximum absolute atomic E-state index is 11.9. The SMILES string of the molecule is Nc1cc(C(=O)Nc2ccc(=O)[nH]n2)c([N+](=O)[O-])cn1. The molecule has 2 rings (SSSR count). The fourth-order valence-electron chi connectivity index (χ4n) is 1.39. The molecule has 102 valence electrons. The van der Waals surface area contributed by atoms with Crippen LogP contribution < -0.4 is 16.6 Å². The van der Waals surface area contributed by atoms with Gasteiger partial charge in [-0.1, -0.05) is 0 Å². The third-order valence-electron chi connectivity index (χ3n) is 2.27. The number of anilines is 2. The van der Waals surface area contributed by atoms with Crippen LogP contribution in [-0.2, 0) is 0 Å². The molecule has 0 radical (unpaired) electrons. The zero-order chi connectivity index (χ0) is 14.7. The molecule has 0 saturated carbocycles. The molecular weight excluding hydrogens is 268 g/mol. The number of H-pyrrole nitrogens is 1. The lowest BCUT2D eigenvalue weighted by Crippen LogP contribution is -2.17. The van der Waals surface area contributed by atoms with E-state index in [1.54, 1.807) is 0 Å². The number of rotatable bonds is 3. The zero-order valence-electron chi connectivity index (χ0n) is 9.86. The van der Waals surface area contributed by atoms with Crippen molar-refractivity contribution in [2.45, 2.75) is 0 Å². The van der Waals surface area contributed by atoms with Gasteiger partial charge in [0.2, 0.25) is 0 Å². The van der Waals surface area contributed by atoms with Gasteiger partial charge in [0.1, 0.15) is 17.6 Å². The first-order valence-electron chi connectivity index (χ1n) is 5.24. The predicted molar refractivity (Wildman–Crippen MR) is 68.1 cm³/mol. The van der Waals surface area contributed by atoms with Crippen LogP contribution in [0.3, 0.4) is 0 Å². The number of aromatic nitrogens is 3. The van der Waals surface area contributed by atoms with Crippen molar-refractivity contribution < 1.29 is 9.72 Å². The molecule has 0 spiro atoms. The largest absolute Gasteiger partial charge is 0.384 e. The van der Waals surface area contributed by atoms with Crippen molar-refractivity contribution in [1.29, 1.82) is 0 Å². The third-order valence-corrected chi connectivity index (χ3v) is 2.27. The highest BCUT2D eigenvalue weighted by Gasteiger charge is 2.21. The summed E-state index contributed by atoms with van der Waals surface area (Å²) in [7, 11) is 0. The Morgan fingerprint density at radius 2 is 2.20 bits per heavy atom. The number of carbonyl (C=O) groups is 1. The lowest BCUT2D eigenvalue weighted by atomic mass is 10.2. The molecular formula is C10H8N6O4. The molecule has 0 aliphatic rings. The number of carbonyl (C=O) groups excluding carboxylic acids is 1. The minimum Gasteiger partial charge on any atom is -0.384 e. The Bertz CT molecular complexity index is 720. The van der Waals surface area contributed by atoms with Crippen LogP contribution in [0.25, 0.3) is 0 Å². The predicted octanol–water partition coefficient (Wildman–Crippen LogP) is -0.0924. The number of aromatic amines is 1. The van der Waals surface area contributed by atoms with E-state index in [1.165, 1.54) is 6.07 Å². The minimum absolute atomic E-state index is 0.0322. The Morgan fingerprint density at radius 3 is 2.80 bits per heavy atom. The summed E-state index contributed by atoms with van der Waals surface area (Å²) < 4.78 is 0. The number of amides is 1. The molecule has 0 aliphatic heterocycles. The Hall–Kier alpha value is -3.30. The van der Waals surface area contributed by atoms with Crippen LogP contribution in [0.2, 0.25) is 0 Å². The van der Waals surface area contributed by atoms with Gasteiger partial charge < -0.3 is 11.1 Å². The monoisotopic (exact) mass is 276 g/mol. The van der Waals surface area contributed by atoms with Gasteiger partial charge in [-0.15, -0.1) is 0 Å². The van der Waals surface area contributed by atoms with E-state index in [1.807, 2.05) is 0 Å². The van der Waals surface area contributed by atoms with E-state index in [0.717, 1.165) is 18.3 Å². The highest BCUT2D eigenvalue weighted by atomic mass is 16.6. The first-order chi connectivity index (χ1) is 9.47. The van der Waals surface area contributed by atoms with E-state index in [9.17, 15) is 19.7 Å². The van der Waals surface area contributed by atoms with Gasteiger partial charge in [0.05, 0.1) is 4.92 Å². The molecule has 0 bridgehead atoms. The summed E-state index contributed by atoms with van der Waals surface area (Å²) in [5, 5.41) is 18.8. The maximum Gasteiger partial charge on any atom is 0.300 e. The third kappa shape index (κ3) is 2.75. The molecule has 2 heterocycles. The summed E-state index contributed by atoms with van der Waals surface area (Å²) in [6.45, 7) is 0. The summed E-state index contributed by atoms with van der Waals surface area (Å²) in [5.41, 5.74) is 4.22. The van der Waals surface area contributed by atoms with Crippen LogP contribution in [0.4, 0.5) is 17.3 Å². The van der Waals surface area contributed by atoms with Crippen LogP contribution in [0.1, 0.15) is 10.4 Å². The lowest BCUT2D eigenvalue weighted by Gasteiger charge is -2.04. The van der Waals surface area contributed by atoms with Crippen LogP contribution in [-0.4, -0.2) is 26.0 Å². The van der Waals surface area contributed by atoms with Crippen molar-refractivity contribution in [2.75, 3.05) is 11.1 Å². The Balaban J connectivity index is 2.33. The minimum atomic E-state index is -0.787. The highest BCUT2D eigenvalue weighted by molar-refractivity contribution is 6.06. The van der Waals surface area contributed by atoms with Crippen molar-refractivity contribution >= 4 is 23.2 Å². The Kier molecular flexibility index (Phi) is 3.37.